The molecule has 0 aromatic rings. The number of carbonyl (C=O) groups is 1. The van der Waals surface area contributed by atoms with Gasteiger partial charge in [-0.25, -0.2) is 0 Å². The second kappa shape index (κ2) is 6.75. The lowest BCUT2D eigenvalue weighted by Gasteiger charge is -2.35. The van der Waals surface area contributed by atoms with E-state index in [9.17, 15) is 4.79 Å². The molecule has 1 rings (SSSR count). The Balaban J connectivity index is 2.97. The zero-order valence-electron chi connectivity index (χ0n) is 12.1. The standard InChI is InChI=1S/C13H25N3O3/c1-10(2)16(8-9-19-3)12(17)13(11(14)15-18)6-4-5-7-13/h10,18H,4-9H2,1-3H3,(H2,14,15). The molecule has 1 amide bonds. The molecule has 19 heavy (non-hydrogen) atoms. The van der Waals surface area contributed by atoms with Gasteiger partial charge >= 0.3 is 0 Å². The number of amides is 1. The number of carbonyl (C=O) groups excluding carboxylic acids is 1. The number of nitrogens with zero attached hydrogens (tertiary/aromatic N) is 2. The SMILES string of the molecule is COCCN(C(=O)C1(C(N)=NO)CCCC1)C(C)C. The predicted molar refractivity (Wildman–Crippen MR) is 73.0 cm³/mol. The van der Waals surface area contributed by atoms with Gasteiger partial charge in [-0.2, -0.15) is 0 Å². The van der Waals surface area contributed by atoms with Crippen molar-refractivity contribution in [2.75, 3.05) is 20.3 Å². The molecule has 0 saturated heterocycles. The van der Waals surface area contributed by atoms with Crippen molar-refractivity contribution in [1.29, 1.82) is 0 Å². The topological polar surface area (TPSA) is 88.2 Å². The van der Waals surface area contributed by atoms with Crippen LogP contribution >= 0.6 is 0 Å². The number of amidine groups is 1. The van der Waals surface area contributed by atoms with E-state index in [0.717, 1.165) is 12.8 Å². The Morgan fingerprint density at radius 3 is 2.47 bits per heavy atom. The van der Waals surface area contributed by atoms with E-state index in [1.165, 1.54) is 0 Å². The van der Waals surface area contributed by atoms with Crippen LogP contribution in [-0.2, 0) is 9.53 Å². The lowest BCUT2D eigenvalue weighted by atomic mass is 9.83. The molecule has 0 aromatic carbocycles. The monoisotopic (exact) mass is 271 g/mol. The molecule has 1 saturated carbocycles. The molecule has 6 heteroatoms. The molecular weight excluding hydrogens is 246 g/mol. The van der Waals surface area contributed by atoms with Crippen molar-refractivity contribution in [1.82, 2.24) is 4.90 Å². The molecule has 0 bridgehead atoms. The maximum absolute atomic E-state index is 12.8. The van der Waals surface area contributed by atoms with Gasteiger partial charge in [-0.05, 0) is 26.7 Å². The maximum atomic E-state index is 12.8. The van der Waals surface area contributed by atoms with Gasteiger partial charge in [0, 0.05) is 19.7 Å². The third kappa shape index (κ3) is 3.18. The second-order valence-corrected chi connectivity index (χ2v) is 5.36. The molecule has 0 atom stereocenters. The first-order valence-corrected chi connectivity index (χ1v) is 6.77. The highest BCUT2D eigenvalue weighted by Crippen LogP contribution is 2.40. The van der Waals surface area contributed by atoms with E-state index in [4.69, 9.17) is 15.7 Å². The zero-order valence-corrected chi connectivity index (χ0v) is 12.1. The quantitative estimate of drug-likeness (QED) is 0.328. The van der Waals surface area contributed by atoms with E-state index in [1.54, 1.807) is 12.0 Å². The Morgan fingerprint density at radius 1 is 1.47 bits per heavy atom. The number of methoxy groups -OCH3 is 1. The summed E-state index contributed by atoms with van der Waals surface area (Å²) in [4.78, 5) is 14.6. The number of hydrogen-bond acceptors (Lipinski definition) is 4. The molecule has 0 aromatic heterocycles. The van der Waals surface area contributed by atoms with Crippen LogP contribution in [0.15, 0.2) is 5.16 Å². The Morgan fingerprint density at radius 2 is 2.05 bits per heavy atom. The summed E-state index contributed by atoms with van der Waals surface area (Å²) in [5.74, 6) is -0.00887. The zero-order chi connectivity index (χ0) is 14.5. The van der Waals surface area contributed by atoms with Crippen molar-refractivity contribution in [3.05, 3.63) is 0 Å². The molecule has 1 aliphatic rings. The number of hydrogen-bond donors (Lipinski definition) is 2. The number of rotatable bonds is 6. The molecule has 0 unspecified atom stereocenters. The summed E-state index contributed by atoms with van der Waals surface area (Å²) in [6.07, 6.45) is 3.16. The molecule has 1 aliphatic carbocycles. The van der Waals surface area contributed by atoms with E-state index in [0.29, 0.717) is 26.0 Å². The van der Waals surface area contributed by atoms with Gasteiger partial charge in [0.15, 0.2) is 5.84 Å². The van der Waals surface area contributed by atoms with Gasteiger partial charge in [0.2, 0.25) is 5.91 Å². The third-order valence-electron chi connectivity index (χ3n) is 3.89. The average Bonchev–Trinajstić information content (AvgIpc) is 2.88. The summed E-state index contributed by atoms with van der Waals surface area (Å²) >= 11 is 0. The fourth-order valence-corrected chi connectivity index (χ4v) is 2.71. The normalized spacial score (nSPS) is 18.8. The summed E-state index contributed by atoms with van der Waals surface area (Å²) in [5.41, 5.74) is 4.98. The van der Waals surface area contributed by atoms with Gasteiger partial charge in [-0.15, -0.1) is 0 Å². The molecule has 0 heterocycles. The van der Waals surface area contributed by atoms with Crippen LogP contribution in [0.25, 0.3) is 0 Å². The van der Waals surface area contributed by atoms with Crippen LogP contribution in [0, 0.1) is 5.41 Å². The van der Waals surface area contributed by atoms with E-state index in [-0.39, 0.29) is 17.8 Å². The van der Waals surface area contributed by atoms with Crippen molar-refractivity contribution in [3.8, 4) is 0 Å². The second-order valence-electron chi connectivity index (χ2n) is 5.36. The Bertz CT molecular complexity index is 336. The van der Waals surface area contributed by atoms with Crippen LogP contribution in [0.1, 0.15) is 39.5 Å². The molecule has 6 nitrogen and oxygen atoms in total. The van der Waals surface area contributed by atoms with Gasteiger partial charge < -0.3 is 20.6 Å². The van der Waals surface area contributed by atoms with Crippen molar-refractivity contribution in [2.45, 2.75) is 45.6 Å². The molecule has 0 spiro atoms. The van der Waals surface area contributed by atoms with Crippen molar-refractivity contribution >= 4 is 11.7 Å². The van der Waals surface area contributed by atoms with Crippen LogP contribution in [0.2, 0.25) is 0 Å². The van der Waals surface area contributed by atoms with Crippen molar-refractivity contribution in [2.24, 2.45) is 16.3 Å². The molecule has 3 N–H and O–H groups in total. The molecule has 110 valence electrons. The van der Waals surface area contributed by atoms with Crippen molar-refractivity contribution < 1.29 is 14.7 Å². The minimum Gasteiger partial charge on any atom is -0.409 e. The Labute approximate surface area is 114 Å². The number of ether oxygens (including phenoxy) is 1. The van der Waals surface area contributed by atoms with E-state index in [2.05, 4.69) is 5.16 Å². The summed E-state index contributed by atoms with van der Waals surface area (Å²) in [5, 5.41) is 12.1. The summed E-state index contributed by atoms with van der Waals surface area (Å²) < 4.78 is 5.05. The maximum Gasteiger partial charge on any atom is 0.236 e. The average molecular weight is 271 g/mol. The van der Waals surface area contributed by atoms with Gasteiger partial charge in [-0.1, -0.05) is 18.0 Å². The van der Waals surface area contributed by atoms with Gasteiger partial charge in [0.25, 0.3) is 0 Å². The molecule has 0 radical (unpaired) electrons. The third-order valence-corrected chi connectivity index (χ3v) is 3.89. The lowest BCUT2D eigenvalue weighted by molar-refractivity contribution is -0.140. The fraction of sp³-hybridized carbons (Fsp3) is 0.846. The minimum atomic E-state index is -0.827. The fourth-order valence-electron chi connectivity index (χ4n) is 2.71. The number of oxime groups is 1. The summed E-state index contributed by atoms with van der Waals surface area (Å²) in [6, 6.07) is 0.0617. The first-order chi connectivity index (χ1) is 8.99. The van der Waals surface area contributed by atoms with Gasteiger partial charge in [-0.3, -0.25) is 4.79 Å². The van der Waals surface area contributed by atoms with Crippen LogP contribution < -0.4 is 5.73 Å². The van der Waals surface area contributed by atoms with Crippen LogP contribution in [-0.4, -0.2) is 48.2 Å². The Kier molecular flexibility index (Phi) is 5.60. The van der Waals surface area contributed by atoms with Crippen LogP contribution in [0.4, 0.5) is 0 Å². The highest BCUT2D eigenvalue weighted by molar-refractivity contribution is 6.07. The number of nitrogens with two attached hydrogens (primary N) is 1. The lowest BCUT2D eigenvalue weighted by Crippen LogP contribution is -2.52. The molecule has 1 fully saturated rings. The van der Waals surface area contributed by atoms with Crippen LogP contribution in [0.5, 0.6) is 0 Å². The van der Waals surface area contributed by atoms with E-state index in [1.807, 2.05) is 13.8 Å². The van der Waals surface area contributed by atoms with Gasteiger partial charge in [0.05, 0.1) is 6.61 Å². The highest BCUT2D eigenvalue weighted by atomic mass is 16.5. The predicted octanol–water partition coefficient (Wildman–Crippen LogP) is 1.18. The highest BCUT2D eigenvalue weighted by Gasteiger charge is 2.47. The summed E-state index contributed by atoms with van der Waals surface area (Å²) in [6.45, 7) is 4.93. The minimum absolute atomic E-state index is 0.0399. The first kappa shape index (κ1) is 15.8. The summed E-state index contributed by atoms with van der Waals surface area (Å²) in [7, 11) is 1.61. The van der Waals surface area contributed by atoms with E-state index < -0.39 is 5.41 Å². The molecule has 0 aliphatic heterocycles. The smallest absolute Gasteiger partial charge is 0.236 e. The Hall–Kier alpha value is -1.30. The first-order valence-electron chi connectivity index (χ1n) is 6.77. The van der Waals surface area contributed by atoms with Crippen LogP contribution in [0.3, 0.4) is 0 Å². The molecular formula is C13H25N3O3. The van der Waals surface area contributed by atoms with Crippen molar-refractivity contribution in [3.63, 3.8) is 0 Å². The van der Waals surface area contributed by atoms with E-state index >= 15 is 0 Å². The largest absolute Gasteiger partial charge is 0.409 e. The van der Waals surface area contributed by atoms with Gasteiger partial charge in [0.1, 0.15) is 5.41 Å².